The maximum atomic E-state index is 6.55. The van der Waals surface area contributed by atoms with Crippen LogP contribution in [-0.2, 0) is 0 Å². The molecular weight excluding hydrogens is 1610 g/mol. The van der Waals surface area contributed by atoms with Crippen molar-refractivity contribution in [3.05, 3.63) is 498 Å². The number of nitrogens with zero attached hydrogens (tertiary/aromatic N) is 6. The van der Waals surface area contributed by atoms with E-state index in [1.807, 2.05) is 73.2 Å². The fraction of sp³-hybridized carbons (Fsp3) is 0. The van der Waals surface area contributed by atoms with Crippen LogP contribution in [-0.4, -0.2) is 15.0 Å². The molecule has 0 saturated carbocycles. The molecular formula is C123H82N6O3. The van der Waals surface area contributed by atoms with E-state index in [4.69, 9.17) is 14.2 Å². The second kappa shape index (κ2) is 34.9. The number of hydrogen-bond acceptors (Lipinski definition) is 9. The summed E-state index contributed by atoms with van der Waals surface area (Å²) in [6.07, 6.45) is 11.1. The second-order valence-corrected chi connectivity index (χ2v) is 32.8. The summed E-state index contributed by atoms with van der Waals surface area (Å²) in [5.41, 5.74) is 32.2. The molecule has 25 rings (SSSR count). The van der Waals surface area contributed by atoms with Crippen molar-refractivity contribution in [3.8, 4) is 146 Å². The van der Waals surface area contributed by atoms with Gasteiger partial charge in [-0.3, -0.25) is 15.0 Å². The van der Waals surface area contributed by atoms with Gasteiger partial charge in [0.15, 0.2) is 0 Å². The largest absolute Gasteiger partial charge is 0.456 e. The highest BCUT2D eigenvalue weighted by atomic mass is 16.5. The Morgan fingerprint density at radius 2 is 0.386 bits per heavy atom. The van der Waals surface area contributed by atoms with Crippen molar-refractivity contribution in [3.63, 3.8) is 0 Å². The Labute approximate surface area is 766 Å². The van der Waals surface area contributed by atoms with E-state index in [-0.39, 0.29) is 0 Å². The van der Waals surface area contributed by atoms with Gasteiger partial charge in [-0.25, -0.2) is 0 Å². The third kappa shape index (κ3) is 14.8. The average molecular weight is 1690 g/mol. The van der Waals surface area contributed by atoms with Crippen molar-refractivity contribution in [1.82, 2.24) is 15.0 Å². The number of para-hydroxylation sites is 6. The zero-order valence-electron chi connectivity index (χ0n) is 71.8. The van der Waals surface area contributed by atoms with E-state index in [0.717, 1.165) is 169 Å². The van der Waals surface area contributed by atoms with Crippen LogP contribution in [0.5, 0.6) is 34.5 Å². The molecule has 19 aromatic carbocycles. The molecule has 3 aliphatic rings. The molecule has 3 aromatic heterocycles. The van der Waals surface area contributed by atoms with Crippen molar-refractivity contribution in [2.24, 2.45) is 0 Å². The number of ether oxygens (including phenoxy) is 3. The first-order chi connectivity index (χ1) is 65.5. The van der Waals surface area contributed by atoms with Crippen LogP contribution in [0.25, 0.3) is 144 Å². The number of anilines is 9. The van der Waals surface area contributed by atoms with Gasteiger partial charge >= 0.3 is 0 Å². The predicted molar refractivity (Wildman–Crippen MR) is 544 cm³/mol. The Kier molecular flexibility index (Phi) is 20.8. The van der Waals surface area contributed by atoms with Crippen molar-refractivity contribution in [2.45, 2.75) is 0 Å². The predicted octanol–water partition coefficient (Wildman–Crippen LogP) is 34.1. The molecule has 0 amide bonds. The van der Waals surface area contributed by atoms with Crippen LogP contribution in [0.15, 0.2) is 498 Å². The lowest BCUT2D eigenvalue weighted by Gasteiger charge is -2.30. The van der Waals surface area contributed by atoms with Crippen LogP contribution >= 0.6 is 0 Å². The molecule has 6 heterocycles. The monoisotopic (exact) mass is 1690 g/mol. The molecule has 3 aliphatic heterocycles. The topological polar surface area (TPSA) is 76.1 Å². The quantitative estimate of drug-likeness (QED) is 0.112. The minimum atomic E-state index is 0.795. The maximum Gasteiger partial charge on any atom is 0.138 e. The lowest BCUT2D eigenvalue weighted by molar-refractivity contribution is 0.485. The van der Waals surface area contributed by atoms with Gasteiger partial charge in [-0.15, -0.1) is 0 Å². The minimum absolute atomic E-state index is 0.795. The summed E-state index contributed by atoms with van der Waals surface area (Å²) in [6.45, 7) is 0. The molecule has 0 fully saturated rings. The maximum absolute atomic E-state index is 6.55. The zero-order valence-corrected chi connectivity index (χ0v) is 71.8. The number of benzene rings is 19. The van der Waals surface area contributed by atoms with Gasteiger partial charge in [-0.2, -0.15) is 0 Å². The number of rotatable bonds is 13. The molecule has 0 N–H and O–H groups in total. The number of fused-ring (bicyclic) bond motifs is 12. The second-order valence-electron chi connectivity index (χ2n) is 32.8. The summed E-state index contributed by atoms with van der Waals surface area (Å²) in [4.78, 5) is 20.6. The third-order valence-corrected chi connectivity index (χ3v) is 25.1. The van der Waals surface area contributed by atoms with E-state index in [1.54, 1.807) is 18.6 Å². The van der Waals surface area contributed by atoms with E-state index in [0.29, 0.717) is 0 Å². The molecule has 9 nitrogen and oxygen atoms in total. The Balaban J connectivity index is 0.000000114. The average Bonchev–Trinajstić information content (AvgIpc) is 0.733. The molecule has 0 spiro atoms. The van der Waals surface area contributed by atoms with Gasteiger partial charge in [0.2, 0.25) is 0 Å². The molecule has 0 radical (unpaired) electrons. The Bertz CT molecular complexity index is 7750. The van der Waals surface area contributed by atoms with Crippen molar-refractivity contribution in [1.29, 1.82) is 0 Å². The van der Waals surface area contributed by atoms with Crippen molar-refractivity contribution in [2.75, 3.05) is 14.7 Å². The summed E-state index contributed by atoms with van der Waals surface area (Å²) in [7, 11) is 0. The Morgan fingerprint density at radius 3 is 0.727 bits per heavy atom. The first kappa shape index (κ1) is 78.9. The van der Waals surface area contributed by atoms with Crippen LogP contribution in [0.1, 0.15) is 0 Å². The fourth-order valence-corrected chi connectivity index (χ4v) is 19.1. The smallest absolute Gasteiger partial charge is 0.138 e. The number of hydrogen-bond donors (Lipinski definition) is 0. The zero-order chi connectivity index (χ0) is 87.6. The SMILES string of the molecule is c1ccc(-c2ccc(N(c3ccc(-c4ccccc4)cc3)c3ccc4c5c(cccc35)-c3ccccc3Oc3ccncc3-4)cc2)cc1.c1ccc(-c2ccc(N(c3ccccc3-c3ccccc3)c3ccc4c5c(cccc35)-c3ccccc3Oc3ccncc3-4)cc2)cc1.c1ccc(N(c2ccccc2)c2ccc3c4c(cccc24)-c2ccccc2Oc2ccncc2-3)cc1. The summed E-state index contributed by atoms with van der Waals surface area (Å²) >= 11 is 0. The van der Waals surface area contributed by atoms with Gasteiger partial charge in [-0.1, -0.05) is 340 Å². The fourth-order valence-electron chi connectivity index (χ4n) is 19.1. The van der Waals surface area contributed by atoms with Crippen LogP contribution in [0.4, 0.5) is 51.2 Å². The van der Waals surface area contributed by atoms with Gasteiger partial charge in [0.1, 0.15) is 34.5 Å². The normalized spacial score (nSPS) is 11.5. The van der Waals surface area contributed by atoms with E-state index in [9.17, 15) is 0 Å². The molecule has 132 heavy (non-hydrogen) atoms. The summed E-state index contributed by atoms with van der Waals surface area (Å²) in [5, 5.41) is 7.00. The molecule has 0 atom stereocenters. The molecule has 622 valence electrons. The highest BCUT2D eigenvalue weighted by Crippen LogP contribution is 2.56. The summed E-state index contributed by atoms with van der Waals surface area (Å²) < 4.78 is 19.5. The van der Waals surface area contributed by atoms with E-state index in [1.165, 1.54) is 60.5 Å². The Morgan fingerprint density at radius 1 is 0.144 bits per heavy atom. The van der Waals surface area contributed by atoms with Gasteiger partial charge in [0.25, 0.3) is 0 Å². The van der Waals surface area contributed by atoms with Gasteiger partial charge < -0.3 is 28.9 Å². The van der Waals surface area contributed by atoms with E-state index in [2.05, 4.69) is 436 Å². The van der Waals surface area contributed by atoms with Crippen LogP contribution < -0.4 is 28.9 Å². The van der Waals surface area contributed by atoms with E-state index < -0.39 is 0 Å². The molecule has 0 unspecified atom stereocenters. The van der Waals surface area contributed by atoms with Gasteiger partial charge in [-0.05, 0) is 210 Å². The van der Waals surface area contributed by atoms with Crippen molar-refractivity contribution < 1.29 is 14.2 Å². The standard InChI is InChI=1S/2C45H30N2O.C33H22N2O/c1-3-12-31(13-4-1)32-22-24-34(25-23-32)47(41-20-9-7-16-35(41)33-14-5-2-6-15-33)42-27-26-38-40-30-46-29-28-44(40)48-43-21-10-8-17-36(43)37-18-11-19-39(42)45(37)38;1-3-10-31(11-4-1)33-18-22-35(23-19-33)47(36-24-20-34(21-25-36)32-12-5-2-6-13-32)42-27-26-39-41-30-46-29-28-44(41)48-43-17-8-7-14-37(43)38-15-9-16-40(42)45(38)39;1-3-10-23(11-4-1)35(24-12-5-2-6-13-24)30-19-18-27-29-22-34-21-20-32(29)36-31-17-8-7-14-25(31)26-15-9-16-28(30)33(26)27/h2*1-30H;1-22H. The van der Waals surface area contributed by atoms with Gasteiger partial charge in [0.05, 0.1) is 22.7 Å². The number of pyridine rings is 3. The molecule has 9 heteroatoms. The molecule has 0 aliphatic carbocycles. The first-order valence-corrected chi connectivity index (χ1v) is 44.5. The number of aromatic nitrogens is 3. The minimum Gasteiger partial charge on any atom is -0.456 e. The molecule has 0 saturated heterocycles. The Hall–Kier alpha value is -17.8. The highest BCUT2D eigenvalue weighted by molar-refractivity contribution is 6.18. The van der Waals surface area contributed by atoms with Crippen molar-refractivity contribution >= 4 is 83.5 Å². The van der Waals surface area contributed by atoms with E-state index >= 15 is 0 Å². The first-order valence-electron chi connectivity index (χ1n) is 44.5. The lowest BCUT2D eigenvalue weighted by atomic mass is 9.89. The van der Waals surface area contributed by atoms with Crippen LogP contribution in [0.3, 0.4) is 0 Å². The summed E-state index contributed by atoms with van der Waals surface area (Å²) in [5.74, 6) is 4.91. The molecule has 0 bridgehead atoms. The van der Waals surface area contributed by atoms with Gasteiger partial charge in [0, 0.05) is 121 Å². The van der Waals surface area contributed by atoms with Crippen LogP contribution in [0, 0.1) is 0 Å². The lowest BCUT2D eigenvalue weighted by Crippen LogP contribution is -2.12. The summed E-state index contributed by atoms with van der Waals surface area (Å²) in [6, 6.07) is 162. The third-order valence-electron chi connectivity index (χ3n) is 25.1. The van der Waals surface area contributed by atoms with Crippen LogP contribution in [0.2, 0.25) is 0 Å². The highest BCUT2D eigenvalue weighted by Gasteiger charge is 2.30. The molecule has 22 aromatic rings.